The van der Waals surface area contributed by atoms with Crippen LogP contribution in [0.25, 0.3) is 0 Å². The van der Waals surface area contributed by atoms with E-state index in [1.807, 2.05) is 18.2 Å². The van der Waals surface area contributed by atoms with E-state index in [-0.39, 0.29) is 0 Å². The van der Waals surface area contributed by atoms with Gasteiger partial charge in [0.05, 0.1) is 5.56 Å². The van der Waals surface area contributed by atoms with Gasteiger partial charge in [0.1, 0.15) is 11.8 Å². The zero-order chi connectivity index (χ0) is 12.4. The van der Waals surface area contributed by atoms with Crippen LogP contribution in [0.1, 0.15) is 23.1 Å². The third-order valence-corrected chi connectivity index (χ3v) is 3.18. The van der Waals surface area contributed by atoms with E-state index in [1.54, 1.807) is 12.1 Å². The second-order valence-corrected chi connectivity index (χ2v) is 4.35. The van der Waals surface area contributed by atoms with Crippen molar-refractivity contribution < 1.29 is 4.74 Å². The summed E-state index contributed by atoms with van der Waals surface area (Å²) in [5.74, 6) is 1.43. The Morgan fingerprint density at radius 3 is 2.89 bits per heavy atom. The lowest BCUT2D eigenvalue weighted by Gasteiger charge is -2.09. The Balaban J connectivity index is 1.88. The van der Waals surface area contributed by atoms with E-state index in [2.05, 4.69) is 11.1 Å². The minimum Gasteiger partial charge on any atom is -0.439 e. The summed E-state index contributed by atoms with van der Waals surface area (Å²) < 4.78 is 5.80. The van der Waals surface area contributed by atoms with E-state index in [1.165, 1.54) is 23.7 Å². The largest absolute Gasteiger partial charge is 0.439 e. The van der Waals surface area contributed by atoms with Crippen LogP contribution in [-0.4, -0.2) is 4.98 Å². The van der Waals surface area contributed by atoms with E-state index >= 15 is 0 Å². The molecule has 0 spiro atoms. The van der Waals surface area contributed by atoms with Crippen LogP contribution in [0.4, 0.5) is 0 Å². The summed E-state index contributed by atoms with van der Waals surface area (Å²) >= 11 is 0. The molecule has 0 N–H and O–H groups in total. The molecule has 0 bridgehead atoms. The van der Waals surface area contributed by atoms with Crippen molar-refractivity contribution in [2.75, 3.05) is 0 Å². The number of aryl methyl sites for hydroxylation is 1. The van der Waals surface area contributed by atoms with E-state index in [0.717, 1.165) is 18.6 Å². The molecule has 88 valence electrons. The van der Waals surface area contributed by atoms with Gasteiger partial charge in [-0.3, -0.25) is 0 Å². The Labute approximate surface area is 106 Å². The van der Waals surface area contributed by atoms with Crippen LogP contribution in [0, 0.1) is 11.3 Å². The average Bonchev–Trinajstić information content (AvgIpc) is 2.89. The summed E-state index contributed by atoms with van der Waals surface area (Å²) in [5, 5.41) is 8.71. The lowest BCUT2D eigenvalue weighted by Crippen LogP contribution is -1.92. The van der Waals surface area contributed by atoms with Gasteiger partial charge in [-0.25, -0.2) is 4.98 Å². The van der Waals surface area contributed by atoms with Gasteiger partial charge in [0.2, 0.25) is 5.88 Å². The molecule has 0 saturated carbocycles. The van der Waals surface area contributed by atoms with Crippen LogP contribution in [0.15, 0.2) is 36.5 Å². The van der Waals surface area contributed by atoms with Crippen molar-refractivity contribution in [1.82, 2.24) is 4.98 Å². The molecule has 3 nitrogen and oxygen atoms in total. The smallest absolute Gasteiger partial charge is 0.219 e. The average molecular weight is 236 g/mol. The van der Waals surface area contributed by atoms with Crippen molar-refractivity contribution in [3.8, 4) is 17.7 Å². The highest BCUT2D eigenvalue weighted by molar-refractivity contribution is 5.44. The van der Waals surface area contributed by atoms with Crippen LogP contribution in [-0.2, 0) is 12.8 Å². The van der Waals surface area contributed by atoms with Crippen LogP contribution in [0.5, 0.6) is 11.6 Å². The lowest BCUT2D eigenvalue weighted by atomic mass is 10.1. The molecule has 1 heterocycles. The van der Waals surface area contributed by atoms with Crippen molar-refractivity contribution in [3.63, 3.8) is 0 Å². The van der Waals surface area contributed by atoms with Crippen molar-refractivity contribution in [2.24, 2.45) is 0 Å². The Morgan fingerprint density at radius 2 is 2.11 bits per heavy atom. The maximum atomic E-state index is 8.71. The van der Waals surface area contributed by atoms with Gasteiger partial charge in [0.25, 0.3) is 0 Å². The van der Waals surface area contributed by atoms with Gasteiger partial charge in [-0.05, 0) is 42.5 Å². The number of nitrogens with zero attached hydrogens (tertiary/aromatic N) is 2. The van der Waals surface area contributed by atoms with E-state index in [9.17, 15) is 0 Å². The molecule has 0 atom stereocenters. The first-order valence-electron chi connectivity index (χ1n) is 6.01. The van der Waals surface area contributed by atoms with Crippen molar-refractivity contribution in [3.05, 3.63) is 53.2 Å². The van der Waals surface area contributed by atoms with Crippen LogP contribution < -0.4 is 4.74 Å². The quantitative estimate of drug-likeness (QED) is 0.804. The topological polar surface area (TPSA) is 45.9 Å². The molecule has 0 saturated heterocycles. The first kappa shape index (κ1) is 10.8. The SMILES string of the molecule is N#Cc1ccc(Oc2cccc3c2CCC3)nc1. The summed E-state index contributed by atoms with van der Waals surface area (Å²) in [6.07, 6.45) is 4.92. The molecule has 1 aromatic heterocycles. The molecule has 0 amide bonds. The highest BCUT2D eigenvalue weighted by atomic mass is 16.5. The van der Waals surface area contributed by atoms with E-state index in [4.69, 9.17) is 10.00 Å². The minimum atomic E-state index is 0.536. The number of ether oxygens (including phenoxy) is 1. The van der Waals surface area contributed by atoms with Crippen LogP contribution in [0.3, 0.4) is 0 Å². The number of hydrogen-bond acceptors (Lipinski definition) is 3. The molecule has 1 aliphatic carbocycles. The zero-order valence-electron chi connectivity index (χ0n) is 9.89. The second-order valence-electron chi connectivity index (χ2n) is 4.35. The lowest BCUT2D eigenvalue weighted by molar-refractivity contribution is 0.458. The minimum absolute atomic E-state index is 0.536. The van der Waals surface area contributed by atoms with Gasteiger partial charge in [0.15, 0.2) is 0 Å². The number of benzene rings is 1. The molecule has 3 rings (SSSR count). The highest BCUT2D eigenvalue weighted by Gasteiger charge is 2.15. The number of hydrogen-bond donors (Lipinski definition) is 0. The standard InChI is InChI=1S/C15H12N2O/c16-9-11-7-8-15(17-10-11)18-14-6-2-4-12-3-1-5-13(12)14/h2,4,6-8,10H,1,3,5H2. The summed E-state index contributed by atoms with van der Waals surface area (Å²) in [4.78, 5) is 4.13. The summed E-state index contributed by atoms with van der Waals surface area (Å²) in [6, 6.07) is 11.6. The van der Waals surface area contributed by atoms with Gasteiger partial charge >= 0.3 is 0 Å². The van der Waals surface area contributed by atoms with Gasteiger partial charge in [-0.1, -0.05) is 12.1 Å². The van der Waals surface area contributed by atoms with Gasteiger partial charge in [-0.15, -0.1) is 0 Å². The predicted molar refractivity (Wildman–Crippen MR) is 67.5 cm³/mol. The number of nitriles is 1. The van der Waals surface area contributed by atoms with Crippen LogP contribution in [0.2, 0.25) is 0 Å². The van der Waals surface area contributed by atoms with Crippen molar-refractivity contribution in [2.45, 2.75) is 19.3 Å². The second kappa shape index (κ2) is 4.50. The summed E-state index contributed by atoms with van der Waals surface area (Å²) in [7, 11) is 0. The Kier molecular flexibility index (Phi) is 2.70. The predicted octanol–water partition coefficient (Wildman–Crippen LogP) is 3.23. The van der Waals surface area contributed by atoms with E-state index < -0.39 is 0 Å². The first-order valence-corrected chi connectivity index (χ1v) is 6.01. The summed E-state index contributed by atoms with van der Waals surface area (Å²) in [5.41, 5.74) is 3.21. The normalized spacial score (nSPS) is 12.8. The Morgan fingerprint density at radius 1 is 1.17 bits per heavy atom. The monoisotopic (exact) mass is 236 g/mol. The van der Waals surface area contributed by atoms with Gasteiger partial charge in [-0.2, -0.15) is 5.26 Å². The van der Waals surface area contributed by atoms with E-state index in [0.29, 0.717) is 11.4 Å². The first-order chi connectivity index (χ1) is 8.86. The Bertz CT molecular complexity index is 611. The molecule has 0 aliphatic heterocycles. The maximum absolute atomic E-state index is 8.71. The molecule has 0 fully saturated rings. The van der Waals surface area contributed by atoms with Gasteiger partial charge < -0.3 is 4.74 Å². The molecule has 2 aromatic rings. The molecule has 0 radical (unpaired) electrons. The molecule has 0 unspecified atom stereocenters. The number of fused-ring (bicyclic) bond motifs is 1. The fourth-order valence-electron chi connectivity index (χ4n) is 2.30. The van der Waals surface area contributed by atoms with Crippen molar-refractivity contribution in [1.29, 1.82) is 5.26 Å². The molecular formula is C15H12N2O. The number of rotatable bonds is 2. The summed E-state index contributed by atoms with van der Waals surface area (Å²) in [6.45, 7) is 0. The highest BCUT2D eigenvalue weighted by Crippen LogP contribution is 2.32. The van der Waals surface area contributed by atoms with Gasteiger partial charge in [0, 0.05) is 12.3 Å². The fourth-order valence-corrected chi connectivity index (χ4v) is 2.30. The van der Waals surface area contributed by atoms with Crippen molar-refractivity contribution >= 4 is 0 Å². The molecule has 3 heteroatoms. The number of aromatic nitrogens is 1. The molecular weight excluding hydrogens is 224 g/mol. The third-order valence-electron chi connectivity index (χ3n) is 3.18. The molecule has 1 aliphatic rings. The van der Waals surface area contributed by atoms with Crippen LogP contribution >= 0.6 is 0 Å². The molecule has 1 aromatic carbocycles. The molecule has 18 heavy (non-hydrogen) atoms. The fraction of sp³-hybridized carbons (Fsp3) is 0.200. The Hall–Kier alpha value is -2.34. The third kappa shape index (κ3) is 1.93. The maximum Gasteiger partial charge on any atom is 0.219 e. The number of pyridine rings is 1. The zero-order valence-corrected chi connectivity index (χ0v) is 9.89.